The maximum Gasteiger partial charge on any atom is 0.317 e. The Morgan fingerprint density at radius 3 is 3.09 bits per heavy atom. The third-order valence-electron chi connectivity index (χ3n) is 3.86. The molecule has 2 bridgehead atoms. The lowest BCUT2D eigenvalue weighted by Gasteiger charge is -2.27. The van der Waals surface area contributed by atoms with Crippen molar-refractivity contribution in [3.63, 3.8) is 0 Å². The Morgan fingerprint density at radius 2 is 2.27 bits per heavy atom. The molecule has 0 radical (unpaired) electrons. The fraction of sp³-hybridized carbons (Fsp3) is 0.467. The van der Waals surface area contributed by atoms with E-state index in [1.165, 1.54) is 12.1 Å². The molecule has 1 aromatic carbocycles. The molecule has 7 heteroatoms. The van der Waals surface area contributed by atoms with Gasteiger partial charge in [0.15, 0.2) is 0 Å². The van der Waals surface area contributed by atoms with E-state index in [0.29, 0.717) is 31.9 Å². The number of nitrogens with zero attached hydrogens (tertiary/aromatic N) is 1. The van der Waals surface area contributed by atoms with Gasteiger partial charge in [0.2, 0.25) is 5.91 Å². The average molecular weight is 307 g/mol. The molecular formula is C15H18FN3O3. The van der Waals surface area contributed by atoms with Gasteiger partial charge in [-0.05, 0) is 17.7 Å². The first-order valence-electron chi connectivity index (χ1n) is 7.27. The van der Waals surface area contributed by atoms with Gasteiger partial charge in [0.25, 0.3) is 0 Å². The molecule has 2 heterocycles. The van der Waals surface area contributed by atoms with Crippen LogP contribution in [-0.2, 0) is 16.1 Å². The summed E-state index contributed by atoms with van der Waals surface area (Å²) >= 11 is 0. The van der Waals surface area contributed by atoms with Crippen LogP contribution in [-0.4, -0.2) is 49.2 Å². The molecule has 2 N–H and O–H groups in total. The monoisotopic (exact) mass is 307 g/mol. The molecule has 0 unspecified atom stereocenters. The number of halogens is 1. The van der Waals surface area contributed by atoms with Crippen molar-refractivity contribution in [2.45, 2.75) is 12.6 Å². The Balaban J connectivity index is 1.61. The van der Waals surface area contributed by atoms with E-state index in [2.05, 4.69) is 10.6 Å². The minimum atomic E-state index is -0.340. The summed E-state index contributed by atoms with van der Waals surface area (Å²) in [6, 6.07) is 5.67. The number of urea groups is 1. The largest absolute Gasteiger partial charge is 0.378 e. The number of amides is 3. The average Bonchev–Trinajstić information content (AvgIpc) is 2.73. The van der Waals surface area contributed by atoms with Crippen molar-refractivity contribution in [1.82, 2.24) is 15.5 Å². The molecule has 2 saturated heterocycles. The minimum absolute atomic E-state index is 0.0667. The molecule has 6 nitrogen and oxygen atoms in total. The predicted molar refractivity (Wildman–Crippen MR) is 76.4 cm³/mol. The van der Waals surface area contributed by atoms with Gasteiger partial charge in [0.05, 0.1) is 25.2 Å². The molecule has 3 rings (SSSR count). The zero-order chi connectivity index (χ0) is 15.5. The highest BCUT2D eigenvalue weighted by atomic mass is 19.1. The van der Waals surface area contributed by atoms with Gasteiger partial charge < -0.3 is 20.3 Å². The van der Waals surface area contributed by atoms with E-state index < -0.39 is 0 Å². The van der Waals surface area contributed by atoms with Crippen LogP contribution in [0.2, 0.25) is 0 Å². The normalized spacial score (nSPS) is 24.4. The highest BCUT2D eigenvalue weighted by molar-refractivity contribution is 5.82. The molecule has 0 aliphatic carbocycles. The number of hydrogen-bond acceptors (Lipinski definition) is 3. The Labute approximate surface area is 127 Å². The SMILES string of the molecule is O=C1N[C@@H]2COC[C@H]1CN(C(=O)NCc1cccc(F)c1)C2. The Kier molecular flexibility index (Phi) is 4.24. The molecule has 2 aliphatic rings. The zero-order valence-electron chi connectivity index (χ0n) is 12.0. The maximum absolute atomic E-state index is 13.1. The van der Waals surface area contributed by atoms with E-state index in [-0.39, 0.29) is 36.3 Å². The minimum Gasteiger partial charge on any atom is -0.378 e. The number of hydrogen-bond donors (Lipinski definition) is 2. The second-order valence-corrected chi connectivity index (χ2v) is 5.63. The maximum atomic E-state index is 13.1. The molecular weight excluding hydrogens is 289 g/mol. The van der Waals surface area contributed by atoms with Gasteiger partial charge >= 0.3 is 6.03 Å². The molecule has 2 fully saturated rings. The van der Waals surface area contributed by atoms with Gasteiger partial charge in [-0.2, -0.15) is 0 Å². The second kappa shape index (κ2) is 6.31. The van der Waals surface area contributed by atoms with Gasteiger partial charge in [-0.3, -0.25) is 4.79 Å². The van der Waals surface area contributed by atoms with Crippen LogP contribution < -0.4 is 10.6 Å². The standard InChI is InChI=1S/C15H18FN3O3/c16-12-3-1-2-10(4-12)5-17-15(21)19-6-11-8-22-9-13(7-19)18-14(11)20/h1-4,11,13H,5-9H2,(H,17,21)(H,18,20)/t11-,13+/m1/s1. The molecule has 118 valence electrons. The molecule has 22 heavy (non-hydrogen) atoms. The van der Waals surface area contributed by atoms with Gasteiger partial charge in [-0.15, -0.1) is 0 Å². The highest BCUT2D eigenvalue weighted by Gasteiger charge is 2.34. The van der Waals surface area contributed by atoms with Crippen molar-refractivity contribution in [2.75, 3.05) is 26.3 Å². The first-order valence-corrected chi connectivity index (χ1v) is 7.27. The summed E-state index contributed by atoms with van der Waals surface area (Å²) in [5, 5.41) is 5.64. The van der Waals surface area contributed by atoms with Crippen molar-refractivity contribution in [1.29, 1.82) is 0 Å². The quantitative estimate of drug-likeness (QED) is 0.835. The van der Waals surface area contributed by atoms with Crippen molar-refractivity contribution in [3.05, 3.63) is 35.6 Å². The van der Waals surface area contributed by atoms with Crippen LogP contribution in [0.15, 0.2) is 24.3 Å². The lowest BCUT2D eigenvalue weighted by molar-refractivity contribution is -0.125. The van der Waals surface area contributed by atoms with E-state index in [0.717, 1.165) is 0 Å². The zero-order valence-corrected chi connectivity index (χ0v) is 12.0. The number of nitrogens with one attached hydrogen (secondary N) is 2. The van der Waals surface area contributed by atoms with Crippen LogP contribution in [0.3, 0.4) is 0 Å². The summed E-state index contributed by atoms with van der Waals surface area (Å²) in [6.45, 7) is 1.74. The Morgan fingerprint density at radius 1 is 1.41 bits per heavy atom. The molecule has 1 aromatic rings. The van der Waals surface area contributed by atoms with Gasteiger partial charge in [0, 0.05) is 19.6 Å². The summed E-state index contributed by atoms with van der Waals surface area (Å²) in [4.78, 5) is 25.8. The number of carbonyl (C=O) groups excluding carboxylic acids is 2. The fourth-order valence-electron chi connectivity index (χ4n) is 2.73. The van der Waals surface area contributed by atoms with Crippen molar-refractivity contribution in [3.8, 4) is 0 Å². The lowest BCUT2D eigenvalue weighted by atomic mass is 10.1. The third-order valence-corrected chi connectivity index (χ3v) is 3.86. The van der Waals surface area contributed by atoms with Crippen molar-refractivity contribution in [2.24, 2.45) is 5.92 Å². The van der Waals surface area contributed by atoms with E-state index in [1.807, 2.05) is 0 Å². The summed E-state index contributed by atoms with van der Waals surface area (Å²) in [6.07, 6.45) is 0. The number of ether oxygens (including phenoxy) is 1. The fourth-order valence-corrected chi connectivity index (χ4v) is 2.73. The molecule has 0 aromatic heterocycles. The van der Waals surface area contributed by atoms with Crippen LogP contribution >= 0.6 is 0 Å². The van der Waals surface area contributed by atoms with Crippen molar-refractivity contribution < 1.29 is 18.7 Å². The van der Waals surface area contributed by atoms with E-state index in [4.69, 9.17) is 4.74 Å². The number of rotatable bonds is 2. The van der Waals surface area contributed by atoms with E-state index >= 15 is 0 Å². The summed E-state index contributed by atoms with van der Waals surface area (Å²) in [5.74, 6) is -0.738. The van der Waals surface area contributed by atoms with Crippen LogP contribution in [0, 0.1) is 11.7 Å². The predicted octanol–water partition coefficient (Wildman–Crippen LogP) is 0.482. The van der Waals surface area contributed by atoms with E-state index in [9.17, 15) is 14.0 Å². The van der Waals surface area contributed by atoms with Gasteiger partial charge in [-0.25, -0.2) is 9.18 Å². The molecule has 0 spiro atoms. The highest BCUT2D eigenvalue weighted by Crippen LogP contribution is 2.14. The van der Waals surface area contributed by atoms with Crippen LogP contribution in [0.4, 0.5) is 9.18 Å². The number of benzene rings is 1. The van der Waals surface area contributed by atoms with Crippen molar-refractivity contribution >= 4 is 11.9 Å². The van der Waals surface area contributed by atoms with Crippen LogP contribution in [0.25, 0.3) is 0 Å². The van der Waals surface area contributed by atoms with Crippen LogP contribution in [0.1, 0.15) is 5.56 Å². The van der Waals surface area contributed by atoms with Gasteiger partial charge in [0.1, 0.15) is 5.82 Å². The summed E-state index contributed by atoms with van der Waals surface area (Å²) in [5.41, 5.74) is 0.695. The Bertz CT molecular complexity index is 581. The molecule has 3 amide bonds. The summed E-state index contributed by atoms with van der Waals surface area (Å²) < 4.78 is 18.5. The topological polar surface area (TPSA) is 70.7 Å². The molecule has 2 aliphatic heterocycles. The second-order valence-electron chi connectivity index (χ2n) is 5.63. The summed E-state index contributed by atoms with van der Waals surface area (Å²) in [7, 11) is 0. The smallest absolute Gasteiger partial charge is 0.317 e. The van der Waals surface area contributed by atoms with Crippen LogP contribution in [0.5, 0.6) is 0 Å². The number of carbonyl (C=O) groups is 2. The Hall–Kier alpha value is -2.15. The molecule has 0 saturated carbocycles. The first kappa shape index (κ1) is 14.8. The first-order chi connectivity index (χ1) is 10.6. The number of fused-ring (bicyclic) bond motifs is 3. The lowest BCUT2D eigenvalue weighted by Crippen LogP contribution is -2.48. The van der Waals surface area contributed by atoms with E-state index in [1.54, 1.807) is 17.0 Å². The third kappa shape index (κ3) is 3.36. The molecule has 2 atom stereocenters. The van der Waals surface area contributed by atoms with Gasteiger partial charge in [-0.1, -0.05) is 12.1 Å².